The highest BCUT2D eigenvalue weighted by atomic mass is 16.4. The third-order valence-electron chi connectivity index (χ3n) is 4.73. The van der Waals surface area contributed by atoms with Crippen LogP contribution in [0.2, 0.25) is 0 Å². The predicted octanol–water partition coefficient (Wildman–Crippen LogP) is 2.76. The van der Waals surface area contributed by atoms with Gasteiger partial charge in [-0.1, -0.05) is 41.5 Å². The van der Waals surface area contributed by atoms with E-state index in [4.69, 9.17) is 0 Å². The summed E-state index contributed by atoms with van der Waals surface area (Å²) in [6.45, 7) is 3.86. The molecule has 0 radical (unpaired) electrons. The van der Waals surface area contributed by atoms with Crippen LogP contribution in [0.3, 0.4) is 0 Å². The molecular formula is C18H21NO3. The van der Waals surface area contributed by atoms with Crippen molar-refractivity contribution >= 4 is 11.9 Å². The number of rotatable bonds is 4. The van der Waals surface area contributed by atoms with E-state index < -0.39 is 12.0 Å². The third-order valence-corrected chi connectivity index (χ3v) is 4.73. The van der Waals surface area contributed by atoms with Gasteiger partial charge in [-0.2, -0.15) is 0 Å². The molecule has 0 spiro atoms. The van der Waals surface area contributed by atoms with Gasteiger partial charge in [-0.3, -0.25) is 4.79 Å². The van der Waals surface area contributed by atoms with E-state index in [1.54, 1.807) is 0 Å². The molecule has 0 aromatic heterocycles. The molecule has 1 fully saturated rings. The molecular weight excluding hydrogens is 278 g/mol. The van der Waals surface area contributed by atoms with Gasteiger partial charge in [0.1, 0.15) is 0 Å². The summed E-state index contributed by atoms with van der Waals surface area (Å²) in [7, 11) is 0. The highest BCUT2D eigenvalue weighted by molar-refractivity contribution is 5.86. The van der Waals surface area contributed by atoms with Crippen LogP contribution in [0.25, 0.3) is 0 Å². The van der Waals surface area contributed by atoms with E-state index >= 15 is 0 Å². The number of allylic oxidation sites excluding steroid dienone is 2. The molecule has 2 aliphatic rings. The molecule has 4 nitrogen and oxygen atoms in total. The Bertz CT molecular complexity index is 629. The Morgan fingerprint density at radius 1 is 1.14 bits per heavy atom. The van der Waals surface area contributed by atoms with Crippen molar-refractivity contribution < 1.29 is 14.7 Å². The molecule has 2 bridgehead atoms. The molecule has 2 N–H and O–H groups in total. The number of amides is 1. The molecule has 1 aromatic rings. The van der Waals surface area contributed by atoms with Crippen LogP contribution in [0, 0.1) is 31.6 Å². The van der Waals surface area contributed by atoms with E-state index in [-0.39, 0.29) is 17.7 Å². The topological polar surface area (TPSA) is 66.4 Å². The number of aliphatic carboxylic acids is 1. The Balaban J connectivity index is 1.78. The second-order valence-electron chi connectivity index (χ2n) is 6.59. The minimum absolute atomic E-state index is 0.0808. The first kappa shape index (κ1) is 14.8. The standard InChI is InChI=1S/C18H21NO3/c1-10-5-11(2)7-14(6-10)16(18(21)22)19-17(20)15-9-12-3-4-13(15)8-12/h3-7,12-13,15-16H,8-9H2,1-2H3,(H,19,20)(H,21,22). The molecule has 1 saturated carbocycles. The largest absolute Gasteiger partial charge is 0.479 e. The second-order valence-corrected chi connectivity index (χ2v) is 6.59. The smallest absolute Gasteiger partial charge is 0.330 e. The summed E-state index contributed by atoms with van der Waals surface area (Å²) in [6.07, 6.45) is 6.14. The van der Waals surface area contributed by atoms with Crippen LogP contribution >= 0.6 is 0 Å². The number of aryl methyl sites for hydroxylation is 2. The van der Waals surface area contributed by atoms with Crippen LogP contribution < -0.4 is 5.32 Å². The Morgan fingerprint density at radius 3 is 2.32 bits per heavy atom. The lowest BCUT2D eigenvalue weighted by molar-refractivity contribution is -0.142. The number of carbonyl (C=O) groups is 2. The Morgan fingerprint density at radius 2 is 1.82 bits per heavy atom. The molecule has 0 saturated heterocycles. The van der Waals surface area contributed by atoms with Crippen LogP contribution in [0.5, 0.6) is 0 Å². The normalized spacial score (nSPS) is 26.9. The molecule has 4 heteroatoms. The lowest BCUT2D eigenvalue weighted by Crippen LogP contribution is -2.39. The van der Waals surface area contributed by atoms with Gasteiger partial charge in [0, 0.05) is 5.92 Å². The molecule has 4 unspecified atom stereocenters. The molecule has 1 aromatic carbocycles. The number of carbonyl (C=O) groups excluding carboxylic acids is 1. The summed E-state index contributed by atoms with van der Waals surface area (Å²) in [6, 6.07) is 4.67. The first-order chi connectivity index (χ1) is 10.4. The van der Waals surface area contributed by atoms with Gasteiger partial charge >= 0.3 is 5.97 Å². The molecule has 116 valence electrons. The zero-order valence-electron chi connectivity index (χ0n) is 12.9. The summed E-state index contributed by atoms with van der Waals surface area (Å²) < 4.78 is 0. The van der Waals surface area contributed by atoms with E-state index in [1.807, 2.05) is 32.0 Å². The molecule has 3 rings (SSSR count). The Labute approximate surface area is 130 Å². The van der Waals surface area contributed by atoms with E-state index in [2.05, 4.69) is 17.5 Å². The fourth-order valence-corrected chi connectivity index (χ4v) is 3.80. The van der Waals surface area contributed by atoms with Crippen molar-refractivity contribution in [3.8, 4) is 0 Å². The van der Waals surface area contributed by atoms with Crippen LogP contribution in [0.1, 0.15) is 35.6 Å². The Hall–Kier alpha value is -2.10. The van der Waals surface area contributed by atoms with Crippen molar-refractivity contribution in [2.75, 3.05) is 0 Å². The predicted molar refractivity (Wildman–Crippen MR) is 83.3 cm³/mol. The van der Waals surface area contributed by atoms with E-state index in [1.165, 1.54) is 0 Å². The second kappa shape index (κ2) is 5.59. The van der Waals surface area contributed by atoms with E-state index in [9.17, 15) is 14.7 Å². The summed E-state index contributed by atoms with van der Waals surface area (Å²) in [5.74, 6) is -0.466. The molecule has 22 heavy (non-hydrogen) atoms. The summed E-state index contributed by atoms with van der Waals surface area (Å²) in [5, 5.41) is 12.2. The average molecular weight is 299 g/mol. The fraction of sp³-hybridized carbons (Fsp3) is 0.444. The number of carboxylic acids is 1. The first-order valence-electron chi connectivity index (χ1n) is 7.73. The molecule has 2 aliphatic carbocycles. The maximum Gasteiger partial charge on any atom is 0.330 e. The van der Waals surface area contributed by atoms with Gasteiger partial charge in [0.05, 0.1) is 0 Å². The minimum Gasteiger partial charge on any atom is -0.479 e. The van der Waals surface area contributed by atoms with Crippen molar-refractivity contribution in [1.82, 2.24) is 5.32 Å². The number of carboxylic acid groups (broad SMARTS) is 1. The van der Waals surface area contributed by atoms with Gasteiger partial charge < -0.3 is 10.4 Å². The van der Waals surface area contributed by atoms with Crippen LogP contribution in [0.4, 0.5) is 0 Å². The van der Waals surface area contributed by atoms with Crippen molar-refractivity contribution in [3.63, 3.8) is 0 Å². The zero-order chi connectivity index (χ0) is 15.9. The first-order valence-corrected chi connectivity index (χ1v) is 7.73. The van der Waals surface area contributed by atoms with Gasteiger partial charge in [0.25, 0.3) is 0 Å². The number of nitrogens with one attached hydrogen (secondary N) is 1. The van der Waals surface area contributed by atoms with Gasteiger partial charge in [0.2, 0.25) is 5.91 Å². The Kier molecular flexibility index (Phi) is 3.77. The number of benzene rings is 1. The van der Waals surface area contributed by atoms with Crippen LogP contribution in [-0.4, -0.2) is 17.0 Å². The average Bonchev–Trinajstić information content (AvgIpc) is 3.05. The van der Waals surface area contributed by atoms with Crippen LogP contribution in [0.15, 0.2) is 30.4 Å². The van der Waals surface area contributed by atoms with Crippen molar-refractivity contribution in [2.24, 2.45) is 17.8 Å². The highest BCUT2D eigenvalue weighted by Crippen LogP contribution is 2.43. The lowest BCUT2D eigenvalue weighted by atomic mass is 9.92. The minimum atomic E-state index is -1.02. The third kappa shape index (κ3) is 2.78. The number of fused-ring (bicyclic) bond motifs is 2. The summed E-state index contributed by atoms with van der Waals surface area (Å²) in [5.41, 5.74) is 2.63. The summed E-state index contributed by atoms with van der Waals surface area (Å²) in [4.78, 5) is 24.1. The van der Waals surface area contributed by atoms with Gasteiger partial charge in [0.15, 0.2) is 6.04 Å². The zero-order valence-corrected chi connectivity index (χ0v) is 12.9. The lowest BCUT2D eigenvalue weighted by Gasteiger charge is -2.22. The van der Waals surface area contributed by atoms with Gasteiger partial charge in [-0.25, -0.2) is 4.79 Å². The van der Waals surface area contributed by atoms with Crippen LogP contribution in [-0.2, 0) is 9.59 Å². The molecule has 0 heterocycles. The van der Waals surface area contributed by atoms with Crippen molar-refractivity contribution in [1.29, 1.82) is 0 Å². The maximum absolute atomic E-state index is 12.5. The maximum atomic E-state index is 12.5. The number of hydrogen-bond donors (Lipinski definition) is 2. The monoisotopic (exact) mass is 299 g/mol. The number of hydrogen-bond acceptors (Lipinski definition) is 2. The van der Waals surface area contributed by atoms with Crippen molar-refractivity contribution in [2.45, 2.75) is 32.7 Å². The molecule has 0 aliphatic heterocycles. The van der Waals surface area contributed by atoms with E-state index in [0.29, 0.717) is 11.5 Å². The van der Waals surface area contributed by atoms with Gasteiger partial charge in [-0.05, 0) is 44.1 Å². The molecule has 4 atom stereocenters. The summed E-state index contributed by atoms with van der Waals surface area (Å²) >= 11 is 0. The van der Waals surface area contributed by atoms with Gasteiger partial charge in [-0.15, -0.1) is 0 Å². The SMILES string of the molecule is Cc1cc(C)cc(C(NC(=O)C2CC3C=CC2C3)C(=O)O)c1. The van der Waals surface area contributed by atoms with Crippen molar-refractivity contribution in [3.05, 3.63) is 47.0 Å². The highest BCUT2D eigenvalue weighted by Gasteiger charge is 2.40. The fourth-order valence-electron chi connectivity index (χ4n) is 3.80. The van der Waals surface area contributed by atoms with E-state index in [0.717, 1.165) is 24.0 Å². The quantitative estimate of drug-likeness (QED) is 0.840. The molecule has 1 amide bonds.